The molecule has 0 bridgehead atoms. The molecule has 1 heterocycles. The van der Waals surface area contributed by atoms with Crippen LogP contribution in [0.5, 0.6) is 0 Å². The van der Waals surface area contributed by atoms with E-state index >= 15 is 0 Å². The lowest BCUT2D eigenvalue weighted by molar-refractivity contribution is 0.572. The van der Waals surface area contributed by atoms with E-state index in [9.17, 15) is 5.26 Å². The first-order valence-electron chi connectivity index (χ1n) is 6.89. The third-order valence-electron chi connectivity index (χ3n) is 3.32. The monoisotopic (exact) mass is 383 g/mol. The predicted octanol–water partition coefficient (Wildman–Crippen LogP) is 6.43. The number of nitrogens with zero attached hydrogens (tertiary/aromatic N) is 1. The van der Waals surface area contributed by atoms with Gasteiger partial charge in [0.15, 0.2) is 0 Å². The number of allylic oxidation sites excluding steroid dienone is 1. The van der Waals surface area contributed by atoms with Gasteiger partial charge in [-0.1, -0.05) is 39.7 Å². The number of hydrogen-bond acceptors (Lipinski definition) is 2. The summed E-state index contributed by atoms with van der Waals surface area (Å²) in [5.41, 5.74) is 2.34. The molecule has 0 unspecified atom stereocenters. The highest BCUT2D eigenvalue weighted by atomic mass is 79.9. The van der Waals surface area contributed by atoms with Gasteiger partial charge in [0.25, 0.3) is 0 Å². The predicted molar refractivity (Wildman–Crippen MR) is 96.8 cm³/mol. The molecule has 0 fully saturated rings. The molecule has 0 N–H and O–H groups in total. The van der Waals surface area contributed by atoms with E-state index in [-0.39, 0.29) is 0 Å². The van der Waals surface area contributed by atoms with E-state index in [2.05, 4.69) is 22.0 Å². The van der Waals surface area contributed by atoms with Crippen molar-refractivity contribution in [1.82, 2.24) is 0 Å². The highest BCUT2D eigenvalue weighted by Gasteiger charge is 2.06. The maximum Gasteiger partial charge on any atom is 0.134 e. The SMILES string of the molecule is N#C/C(=C/c1ccc(-c2ccc(Cl)cc2)o1)c1ccc(Br)cc1. The first-order chi connectivity index (χ1) is 11.2. The Morgan fingerprint density at radius 3 is 2.35 bits per heavy atom. The van der Waals surface area contributed by atoms with Crippen LogP contribution < -0.4 is 0 Å². The van der Waals surface area contributed by atoms with Crippen LogP contribution >= 0.6 is 27.5 Å². The number of rotatable bonds is 3. The van der Waals surface area contributed by atoms with Crippen LogP contribution in [0.15, 0.2) is 69.6 Å². The quantitative estimate of drug-likeness (QED) is 0.488. The fourth-order valence-corrected chi connectivity index (χ4v) is 2.54. The van der Waals surface area contributed by atoms with E-state index in [0.29, 0.717) is 16.4 Å². The minimum Gasteiger partial charge on any atom is -0.457 e. The number of nitriles is 1. The second-order valence-corrected chi connectivity index (χ2v) is 6.24. The first kappa shape index (κ1) is 15.6. The summed E-state index contributed by atoms with van der Waals surface area (Å²) in [5.74, 6) is 1.37. The van der Waals surface area contributed by atoms with Crippen LogP contribution in [0, 0.1) is 11.3 Å². The Balaban J connectivity index is 1.91. The van der Waals surface area contributed by atoms with Gasteiger partial charge in [-0.3, -0.25) is 0 Å². The number of benzene rings is 2. The largest absolute Gasteiger partial charge is 0.457 e. The van der Waals surface area contributed by atoms with E-state index in [4.69, 9.17) is 16.0 Å². The van der Waals surface area contributed by atoms with Gasteiger partial charge in [0.05, 0.1) is 11.6 Å². The summed E-state index contributed by atoms with van der Waals surface area (Å²) in [6.45, 7) is 0. The maximum atomic E-state index is 9.38. The van der Waals surface area contributed by atoms with Crippen LogP contribution in [0.2, 0.25) is 5.02 Å². The Hall–Kier alpha value is -2.28. The molecule has 0 saturated carbocycles. The van der Waals surface area contributed by atoms with Crippen LogP contribution in [-0.4, -0.2) is 0 Å². The van der Waals surface area contributed by atoms with Crippen LogP contribution in [0.1, 0.15) is 11.3 Å². The molecule has 0 saturated heterocycles. The molecule has 1 aromatic heterocycles. The molecule has 0 atom stereocenters. The molecule has 2 aromatic carbocycles. The van der Waals surface area contributed by atoms with Gasteiger partial charge in [0.1, 0.15) is 11.5 Å². The third-order valence-corrected chi connectivity index (χ3v) is 4.10. The summed E-state index contributed by atoms with van der Waals surface area (Å²) in [5, 5.41) is 10.1. The molecule has 23 heavy (non-hydrogen) atoms. The Kier molecular flexibility index (Phi) is 4.66. The molecule has 0 radical (unpaired) electrons. The lowest BCUT2D eigenvalue weighted by Gasteiger charge is -1.99. The maximum absolute atomic E-state index is 9.38. The van der Waals surface area contributed by atoms with E-state index < -0.39 is 0 Å². The number of hydrogen-bond donors (Lipinski definition) is 0. The first-order valence-corrected chi connectivity index (χ1v) is 8.06. The van der Waals surface area contributed by atoms with Crippen LogP contribution in [-0.2, 0) is 0 Å². The topological polar surface area (TPSA) is 36.9 Å². The number of furan rings is 1. The zero-order valence-corrected chi connectivity index (χ0v) is 14.3. The Labute approximate surface area is 147 Å². The molecule has 2 nitrogen and oxygen atoms in total. The van der Waals surface area contributed by atoms with Gasteiger partial charge in [0.2, 0.25) is 0 Å². The second-order valence-electron chi connectivity index (χ2n) is 4.89. The van der Waals surface area contributed by atoms with Crippen molar-refractivity contribution in [3.63, 3.8) is 0 Å². The summed E-state index contributed by atoms with van der Waals surface area (Å²) in [7, 11) is 0. The molecule has 3 rings (SSSR count). The highest BCUT2D eigenvalue weighted by Crippen LogP contribution is 2.26. The molecule has 0 amide bonds. The van der Waals surface area contributed by atoms with E-state index in [1.165, 1.54) is 0 Å². The zero-order valence-electron chi connectivity index (χ0n) is 12.0. The van der Waals surface area contributed by atoms with Crippen molar-refractivity contribution in [2.24, 2.45) is 0 Å². The lowest BCUT2D eigenvalue weighted by Crippen LogP contribution is -1.80. The Morgan fingerprint density at radius 2 is 1.70 bits per heavy atom. The fraction of sp³-hybridized carbons (Fsp3) is 0. The van der Waals surface area contributed by atoms with Gasteiger partial charge in [-0.25, -0.2) is 0 Å². The smallest absolute Gasteiger partial charge is 0.134 e. The van der Waals surface area contributed by atoms with Gasteiger partial charge in [-0.2, -0.15) is 5.26 Å². The van der Waals surface area contributed by atoms with Crippen molar-refractivity contribution in [2.75, 3.05) is 0 Å². The minimum atomic E-state index is 0.550. The molecule has 0 aliphatic carbocycles. The molecule has 0 aliphatic heterocycles. The standard InChI is InChI=1S/C19H11BrClNO/c20-16-5-1-13(2-6-16)15(12-22)11-18-9-10-19(23-18)14-3-7-17(21)8-4-14/h1-11H/b15-11-. The van der Waals surface area contributed by atoms with Gasteiger partial charge >= 0.3 is 0 Å². The summed E-state index contributed by atoms with van der Waals surface area (Å²) >= 11 is 9.28. The number of halogens is 2. The van der Waals surface area contributed by atoms with E-state index in [1.54, 1.807) is 6.08 Å². The third kappa shape index (κ3) is 3.73. The van der Waals surface area contributed by atoms with Crippen LogP contribution in [0.3, 0.4) is 0 Å². The van der Waals surface area contributed by atoms with Crippen molar-refractivity contribution >= 4 is 39.2 Å². The summed E-state index contributed by atoms with van der Waals surface area (Å²) in [6, 6.07) is 21.0. The van der Waals surface area contributed by atoms with Crippen molar-refractivity contribution in [2.45, 2.75) is 0 Å². The molecule has 0 aliphatic rings. The molecular weight excluding hydrogens is 374 g/mol. The Bertz CT molecular complexity index is 886. The van der Waals surface area contributed by atoms with Gasteiger partial charge in [0, 0.05) is 15.1 Å². The van der Waals surface area contributed by atoms with E-state index in [0.717, 1.165) is 21.4 Å². The summed E-state index contributed by atoms with van der Waals surface area (Å²) < 4.78 is 6.78. The average molecular weight is 385 g/mol. The zero-order chi connectivity index (χ0) is 16.2. The van der Waals surface area contributed by atoms with Crippen LogP contribution in [0.4, 0.5) is 0 Å². The van der Waals surface area contributed by atoms with Crippen molar-refractivity contribution in [3.05, 3.63) is 81.5 Å². The van der Waals surface area contributed by atoms with Crippen molar-refractivity contribution in [1.29, 1.82) is 5.26 Å². The van der Waals surface area contributed by atoms with E-state index in [1.807, 2.05) is 60.7 Å². The van der Waals surface area contributed by atoms with Crippen molar-refractivity contribution in [3.8, 4) is 17.4 Å². The molecule has 3 aromatic rings. The highest BCUT2D eigenvalue weighted by molar-refractivity contribution is 9.10. The van der Waals surface area contributed by atoms with Gasteiger partial charge in [-0.05, 0) is 60.2 Å². The molecular formula is C19H11BrClNO. The van der Waals surface area contributed by atoms with Crippen LogP contribution in [0.25, 0.3) is 23.0 Å². The van der Waals surface area contributed by atoms with Gasteiger partial charge < -0.3 is 4.42 Å². The fourth-order valence-electron chi connectivity index (χ4n) is 2.15. The Morgan fingerprint density at radius 1 is 1.00 bits per heavy atom. The second kappa shape index (κ2) is 6.87. The average Bonchev–Trinajstić information content (AvgIpc) is 3.03. The normalized spacial score (nSPS) is 11.3. The van der Waals surface area contributed by atoms with Gasteiger partial charge in [-0.15, -0.1) is 0 Å². The molecule has 112 valence electrons. The minimum absolute atomic E-state index is 0.550. The summed E-state index contributed by atoms with van der Waals surface area (Å²) in [4.78, 5) is 0. The molecule has 0 spiro atoms. The summed E-state index contributed by atoms with van der Waals surface area (Å²) in [6.07, 6.45) is 1.74. The van der Waals surface area contributed by atoms with Crippen molar-refractivity contribution < 1.29 is 4.42 Å². The lowest BCUT2D eigenvalue weighted by atomic mass is 10.1. The molecule has 4 heteroatoms.